The fourth-order valence-electron chi connectivity index (χ4n) is 1.67. The molecule has 0 unspecified atom stereocenters. The summed E-state index contributed by atoms with van der Waals surface area (Å²) in [4.78, 5) is 0. The van der Waals surface area contributed by atoms with E-state index in [9.17, 15) is 0 Å². The fourth-order valence-corrected chi connectivity index (χ4v) is 1.67. The molecule has 1 rings (SSSR count). The molecule has 86 valence electrons. The lowest BCUT2D eigenvalue weighted by molar-refractivity contribution is 0.679. The Morgan fingerprint density at radius 3 is 2.38 bits per heavy atom. The molecule has 1 aromatic rings. The molecule has 0 aliphatic rings. The summed E-state index contributed by atoms with van der Waals surface area (Å²) < 4.78 is 0. The van der Waals surface area contributed by atoms with Gasteiger partial charge in [-0.25, -0.2) is 0 Å². The standard InChI is InChI=1S/C16H22/c1-2-3-4-5-6-7-8-10-13-16-14-11-9-12-15-16/h9,11-12,14-15H,2-6,10,13H2,1H3. The molecule has 16 heavy (non-hydrogen) atoms. The average Bonchev–Trinajstić information content (AvgIpc) is 2.34. The third-order valence-electron chi connectivity index (χ3n) is 2.66. The van der Waals surface area contributed by atoms with Gasteiger partial charge in [-0.05, 0) is 18.4 Å². The van der Waals surface area contributed by atoms with Gasteiger partial charge >= 0.3 is 0 Å². The molecule has 0 radical (unpaired) electrons. The summed E-state index contributed by atoms with van der Waals surface area (Å²) in [5.41, 5.74) is 1.39. The average molecular weight is 214 g/mol. The van der Waals surface area contributed by atoms with E-state index < -0.39 is 0 Å². The molecule has 0 fully saturated rings. The minimum atomic E-state index is 0.998. The minimum Gasteiger partial charge on any atom is -0.103 e. The van der Waals surface area contributed by atoms with Crippen molar-refractivity contribution in [3.05, 3.63) is 35.9 Å². The van der Waals surface area contributed by atoms with E-state index in [0.29, 0.717) is 0 Å². The van der Waals surface area contributed by atoms with Crippen molar-refractivity contribution in [2.45, 2.75) is 51.9 Å². The van der Waals surface area contributed by atoms with Crippen molar-refractivity contribution in [2.75, 3.05) is 0 Å². The predicted octanol–water partition coefficient (Wildman–Crippen LogP) is 4.59. The molecule has 0 bridgehead atoms. The number of hydrogen-bond donors (Lipinski definition) is 0. The number of aryl methyl sites for hydroxylation is 1. The zero-order chi connectivity index (χ0) is 11.5. The molecule has 0 heterocycles. The van der Waals surface area contributed by atoms with Gasteiger partial charge in [-0.15, -0.1) is 11.8 Å². The van der Waals surface area contributed by atoms with Crippen LogP contribution >= 0.6 is 0 Å². The van der Waals surface area contributed by atoms with Gasteiger partial charge in [-0.3, -0.25) is 0 Å². The van der Waals surface area contributed by atoms with Crippen LogP contribution in [-0.2, 0) is 6.42 Å². The minimum absolute atomic E-state index is 0.998. The maximum Gasteiger partial charge on any atom is 0.0129 e. The van der Waals surface area contributed by atoms with Crippen LogP contribution in [0.3, 0.4) is 0 Å². The van der Waals surface area contributed by atoms with E-state index in [1.807, 2.05) is 0 Å². The Labute approximate surface area is 100 Å². The van der Waals surface area contributed by atoms with E-state index >= 15 is 0 Å². The lowest BCUT2D eigenvalue weighted by Gasteiger charge is -1.95. The van der Waals surface area contributed by atoms with E-state index in [2.05, 4.69) is 49.1 Å². The van der Waals surface area contributed by atoms with Crippen LogP contribution in [0.25, 0.3) is 0 Å². The first-order valence-corrected chi connectivity index (χ1v) is 6.43. The highest BCUT2D eigenvalue weighted by molar-refractivity contribution is 5.16. The largest absolute Gasteiger partial charge is 0.103 e. The molecular formula is C16H22. The second-order valence-electron chi connectivity index (χ2n) is 4.15. The van der Waals surface area contributed by atoms with Crippen molar-refractivity contribution >= 4 is 0 Å². The topological polar surface area (TPSA) is 0 Å². The van der Waals surface area contributed by atoms with Crippen LogP contribution in [0.5, 0.6) is 0 Å². The zero-order valence-corrected chi connectivity index (χ0v) is 10.3. The number of hydrogen-bond acceptors (Lipinski definition) is 0. The summed E-state index contributed by atoms with van der Waals surface area (Å²) in [5.74, 6) is 6.53. The van der Waals surface area contributed by atoms with Crippen molar-refractivity contribution < 1.29 is 0 Å². The SMILES string of the molecule is CCCCCCC#CCCc1ccccc1. The Kier molecular flexibility index (Phi) is 7.26. The highest BCUT2D eigenvalue weighted by atomic mass is 13.9. The van der Waals surface area contributed by atoms with Crippen molar-refractivity contribution in [2.24, 2.45) is 0 Å². The second-order valence-corrected chi connectivity index (χ2v) is 4.15. The van der Waals surface area contributed by atoms with Crippen molar-refractivity contribution in [3.63, 3.8) is 0 Å². The molecule has 0 nitrogen and oxygen atoms in total. The van der Waals surface area contributed by atoms with Gasteiger partial charge in [0.2, 0.25) is 0 Å². The molecule has 0 atom stereocenters. The van der Waals surface area contributed by atoms with Crippen LogP contribution in [-0.4, -0.2) is 0 Å². The van der Waals surface area contributed by atoms with Crippen LogP contribution < -0.4 is 0 Å². The van der Waals surface area contributed by atoms with Gasteiger partial charge in [0.15, 0.2) is 0 Å². The van der Waals surface area contributed by atoms with Crippen molar-refractivity contribution in [1.82, 2.24) is 0 Å². The molecule has 0 N–H and O–H groups in total. The van der Waals surface area contributed by atoms with Gasteiger partial charge in [-0.1, -0.05) is 56.5 Å². The molecular weight excluding hydrogens is 192 g/mol. The Hall–Kier alpha value is -1.22. The molecule has 0 aromatic heterocycles. The van der Waals surface area contributed by atoms with Gasteiger partial charge < -0.3 is 0 Å². The Morgan fingerprint density at radius 1 is 0.875 bits per heavy atom. The summed E-state index contributed by atoms with van der Waals surface area (Å²) in [5, 5.41) is 0. The van der Waals surface area contributed by atoms with Crippen LogP contribution in [0.2, 0.25) is 0 Å². The van der Waals surface area contributed by atoms with Crippen molar-refractivity contribution in [3.8, 4) is 11.8 Å². The third-order valence-corrected chi connectivity index (χ3v) is 2.66. The van der Waals surface area contributed by atoms with Crippen LogP contribution in [0, 0.1) is 11.8 Å². The smallest absolute Gasteiger partial charge is 0.0129 e. The fraction of sp³-hybridized carbons (Fsp3) is 0.500. The lowest BCUT2D eigenvalue weighted by Crippen LogP contribution is -1.81. The summed E-state index contributed by atoms with van der Waals surface area (Å²) in [6.07, 6.45) is 8.43. The highest BCUT2D eigenvalue weighted by Crippen LogP contribution is 2.03. The first-order valence-electron chi connectivity index (χ1n) is 6.43. The maximum absolute atomic E-state index is 3.26. The first kappa shape index (κ1) is 12.8. The maximum atomic E-state index is 3.26. The second kappa shape index (κ2) is 9.04. The Morgan fingerprint density at radius 2 is 1.62 bits per heavy atom. The predicted molar refractivity (Wildman–Crippen MR) is 71.3 cm³/mol. The summed E-state index contributed by atoms with van der Waals surface area (Å²) in [7, 11) is 0. The van der Waals surface area contributed by atoms with Crippen LogP contribution in [0.15, 0.2) is 30.3 Å². The Bertz CT molecular complexity index is 313. The molecule has 0 heteroatoms. The van der Waals surface area contributed by atoms with E-state index in [4.69, 9.17) is 0 Å². The summed E-state index contributed by atoms with van der Waals surface area (Å²) >= 11 is 0. The molecule has 0 amide bonds. The number of rotatable bonds is 6. The van der Waals surface area contributed by atoms with Gasteiger partial charge in [0.1, 0.15) is 0 Å². The highest BCUT2D eigenvalue weighted by Gasteiger charge is 1.88. The van der Waals surface area contributed by atoms with Crippen LogP contribution in [0.4, 0.5) is 0 Å². The third kappa shape index (κ3) is 6.30. The molecule has 0 spiro atoms. The number of unbranched alkanes of at least 4 members (excludes halogenated alkanes) is 4. The van der Waals surface area contributed by atoms with E-state index in [0.717, 1.165) is 19.3 Å². The Balaban J connectivity index is 2.05. The van der Waals surface area contributed by atoms with E-state index in [1.165, 1.54) is 31.2 Å². The quantitative estimate of drug-likeness (QED) is 0.480. The zero-order valence-electron chi connectivity index (χ0n) is 10.3. The lowest BCUT2D eigenvalue weighted by atomic mass is 10.1. The molecule has 0 aliphatic carbocycles. The molecule has 0 aliphatic heterocycles. The first-order chi connectivity index (χ1) is 7.93. The van der Waals surface area contributed by atoms with Gasteiger partial charge in [0.05, 0.1) is 0 Å². The van der Waals surface area contributed by atoms with E-state index in [-0.39, 0.29) is 0 Å². The molecule has 1 aromatic carbocycles. The van der Waals surface area contributed by atoms with Gasteiger partial charge in [0.25, 0.3) is 0 Å². The van der Waals surface area contributed by atoms with Crippen LogP contribution in [0.1, 0.15) is 51.0 Å². The van der Waals surface area contributed by atoms with Crippen molar-refractivity contribution in [1.29, 1.82) is 0 Å². The normalized spacial score (nSPS) is 9.56. The summed E-state index contributed by atoms with van der Waals surface area (Å²) in [6.45, 7) is 2.24. The van der Waals surface area contributed by atoms with Gasteiger partial charge in [-0.2, -0.15) is 0 Å². The molecule has 0 saturated heterocycles. The van der Waals surface area contributed by atoms with E-state index in [1.54, 1.807) is 0 Å². The molecule has 0 saturated carbocycles. The van der Waals surface area contributed by atoms with Gasteiger partial charge in [0, 0.05) is 12.8 Å². The number of benzene rings is 1. The summed E-state index contributed by atoms with van der Waals surface area (Å²) in [6, 6.07) is 10.6. The monoisotopic (exact) mass is 214 g/mol.